The molecule has 72 valence electrons. The Labute approximate surface area is 79.9 Å². The van der Waals surface area contributed by atoms with Crippen molar-refractivity contribution in [1.82, 2.24) is 0 Å². The molecular formula is C11H17NO. The minimum Gasteiger partial charge on any atom is -0.369 e. The van der Waals surface area contributed by atoms with Gasteiger partial charge >= 0.3 is 0 Å². The lowest BCUT2D eigenvalue weighted by atomic mass is 9.65. The normalized spacial score (nSPS) is 43.1. The van der Waals surface area contributed by atoms with Crippen LogP contribution in [0.4, 0.5) is 0 Å². The van der Waals surface area contributed by atoms with Crippen LogP contribution in [0.1, 0.15) is 45.4 Å². The molecule has 2 rings (SSSR count). The zero-order valence-electron chi connectivity index (χ0n) is 8.31. The summed E-state index contributed by atoms with van der Waals surface area (Å²) in [6, 6.07) is 2.25. The highest BCUT2D eigenvalue weighted by atomic mass is 16.6. The number of ether oxygens (including phenoxy) is 1. The lowest BCUT2D eigenvalue weighted by molar-refractivity contribution is 0.0608. The van der Waals surface area contributed by atoms with Crippen molar-refractivity contribution in [3.05, 3.63) is 0 Å². The standard InChI is InChI=1S/C11H17NO/c1-10(6-4-8-12)5-2-3-7-11(10)9-13-11/h2-7,9H2,1H3/t10-,11?/m1/s1. The van der Waals surface area contributed by atoms with Crippen molar-refractivity contribution in [1.29, 1.82) is 5.26 Å². The fourth-order valence-corrected chi connectivity index (χ4v) is 2.72. The Morgan fingerprint density at radius 3 is 2.69 bits per heavy atom. The van der Waals surface area contributed by atoms with Crippen LogP contribution in [0.15, 0.2) is 0 Å². The van der Waals surface area contributed by atoms with Gasteiger partial charge in [-0.2, -0.15) is 5.26 Å². The van der Waals surface area contributed by atoms with Crippen LogP contribution in [0.25, 0.3) is 0 Å². The summed E-state index contributed by atoms with van der Waals surface area (Å²) in [6.45, 7) is 3.24. The van der Waals surface area contributed by atoms with E-state index in [4.69, 9.17) is 10.00 Å². The largest absolute Gasteiger partial charge is 0.369 e. The van der Waals surface area contributed by atoms with Gasteiger partial charge in [0.05, 0.1) is 18.3 Å². The molecule has 0 aromatic rings. The van der Waals surface area contributed by atoms with E-state index in [0.717, 1.165) is 13.0 Å². The summed E-state index contributed by atoms with van der Waals surface area (Å²) in [4.78, 5) is 0. The molecule has 2 heteroatoms. The molecule has 0 N–H and O–H groups in total. The van der Waals surface area contributed by atoms with Crippen LogP contribution in [0, 0.1) is 16.7 Å². The highest BCUT2D eigenvalue weighted by molar-refractivity contribution is 5.08. The molecule has 2 atom stereocenters. The number of hydrogen-bond acceptors (Lipinski definition) is 2. The summed E-state index contributed by atoms with van der Waals surface area (Å²) in [6.07, 6.45) is 6.78. The molecular weight excluding hydrogens is 162 g/mol. The second kappa shape index (κ2) is 2.99. The van der Waals surface area contributed by atoms with Crippen LogP contribution in [0.5, 0.6) is 0 Å². The van der Waals surface area contributed by atoms with Gasteiger partial charge < -0.3 is 4.74 Å². The van der Waals surface area contributed by atoms with Crippen molar-refractivity contribution in [3.8, 4) is 6.07 Å². The summed E-state index contributed by atoms with van der Waals surface area (Å²) in [5, 5.41) is 8.61. The van der Waals surface area contributed by atoms with Crippen LogP contribution < -0.4 is 0 Å². The van der Waals surface area contributed by atoms with Gasteiger partial charge in [0, 0.05) is 6.42 Å². The third-order valence-electron chi connectivity index (χ3n) is 3.94. The fourth-order valence-electron chi connectivity index (χ4n) is 2.72. The second-order valence-corrected chi connectivity index (χ2v) is 4.71. The Bertz CT molecular complexity index is 239. The van der Waals surface area contributed by atoms with Crippen molar-refractivity contribution in [2.75, 3.05) is 6.61 Å². The van der Waals surface area contributed by atoms with Gasteiger partial charge in [0.25, 0.3) is 0 Å². The van der Waals surface area contributed by atoms with Gasteiger partial charge in [0.1, 0.15) is 0 Å². The SMILES string of the molecule is C[C@]1(CCC#N)CCCCC12CO2. The maximum absolute atomic E-state index is 8.61. The van der Waals surface area contributed by atoms with E-state index >= 15 is 0 Å². The molecule has 13 heavy (non-hydrogen) atoms. The molecule has 0 aromatic carbocycles. The van der Waals surface area contributed by atoms with Gasteiger partial charge in [0.2, 0.25) is 0 Å². The maximum Gasteiger partial charge on any atom is 0.0970 e. The van der Waals surface area contributed by atoms with Crippen LogP contribution >= 0.6 is 0 Å². The highest BCUT2D eigenvalue weighted by Crippen LogP contribution is 2.56. The smallest absolute Gasteiger partial charge is 0.0970 e. The second-order valence-electron chi connectivity index (χ2n) is 4.71. The zero-order valence-corrected chi connectivity index (χ0v) is 8.31. The minimum atomic E-state index is 0.183. The Balaban J connectivity index is 2.05. The number of rotatable bonds is 2. The van der Waals surface area contributed by atoms with Crippen LogP contribution in [0.3, 0.4) is 0 Å². The van der Waals surface area contributed by atoms with Gasteiger partial charge in [-0.3, -0.25) is 0 Å². The van der Waals surface area contributed by atoms with Crippen molar-refractivity contribution in [2.45, 2.75) is 51.0 Å². The molecule has 1 saturated heterocycles. The molecule has 0 bridgehead atoms. The Kier molecular flexibility index (Phi) is 2.08. The van der Waals surface area contributed by atoms with E-state index in [0.29, 0.717) is 11.8 Å². The van der Waals surface area contributed by atoms with Gasteiger partial charge in [-0.15, -0.1) is 0 Å². The lowest BCUT2D eigenvalue weighted by Gasteiger charge is -2.39. The Morgan fingerprint density at radius 1 is 1.38 bits per heavy atom. The molecule has 0 radical (unpaired) electrons. The quantitative estimate of drug-likeness (QED) is 0.611. The maximum atomic E-state index is 8.61. The summed E-state index contributed by atoms with van der Waals surface area (Å²) in [5.74, 6) is 0. The first-order valence-corrected chi connectivity index (χ1v) is 5.23. The third-order valence-corrected chi connectivity index (χ3v) is 3.94. The topological polar surface area (TPSA) is 36.3 Å². The van der Waals surface area contributed by atoms with Gasteiger partial charge in [-0.25, -0.2) is 0 Å². The molecule has 2 nitrogen and oxygen atoms in total. The van der Waals surface area contributed by atoms with E-state index in [1.165, 1.54) is 25.7 Å². The molecule has 1 saturated carbocycles. The summed E-state index contributed by atoms with van der Waals surface area (Å²) < 4.78 is 5.64. The number of epoxide rings is 1. The average Bonchev–Trinajstić information content (AvgIpc) is 2.89. The minimum absolute atomic E-state index is 0.183. The molecule has 1 aliphatic heterocycles. The predicted octanol–water partition coefficient (Wildman–Crippen LogP) is 2.64. The van der Waals surface area contributed by atoms with Crippen molar-refractivity contribution in [2.24, 2.45) is 5.41 Å². The number of hydrogen-bond donors (Lipinski definition) is 0. The Morgan fingerprint density at radius 2 is 2.08 bits per heavy atom. The first kappa shape index (κ1) is 9.02. The van der Waals surface area contributed by atoms with E-state index in [1.807, 2.05) is 0 Å². The van der Waals surface area contributed by atoms with E-state index in [1.54, 1.807) is 0 Å². The molecule has 0 amide bonds. The van der Waals surface area contributed by atoms with Gasteiger partial charge in [0.15, 0.2) is 0 Å². The molecule has 1 unspecified atom stereocenters. The number of nitrogens with zero attached hydrogens (tertiary/aromatic N) is 1. The van der Waals surface area contributed by atoms with Crippen molar-refractivity contribution >= 4 is 0 Å². The van der Waals surface area contributed by atoms with E-state index in [9.17, 15) is 0 Å². The molecule has 2 aliphatic rings. The number of nitriles is 1. The molecule has 1 heterocycles. The van der Waals surface area contributed by atoms with Gasteiger partial charge in [-0.1, -0.05) is 19.8 Å². The zero-order chi connectivity index (χ0) is 9.36. The fraction of sp³-hybridized carbons (Fsp3) is 0.909. The summed E-state index contributed by atoms with van der Waals surface area (Å²) in [5.41, 5.74) is 0.475. The van der Waals surface area contributed by atoms with E-state index in [-0.39, 0.29) is 5.60 Å². The lowest BCUT2D eigenvalue weighted by Crippen LogP contribution is -2.38. The molecule has 2 fully saturated rings. The first-order valence-electron chi connectivity index (χ1n) is 5.23. The Hall–Kier alpha value is -0.550. The van der Waals surface area contributed by atoms with Crippen LogP contribution in [0.2, 0.25) is 0 Å². The van der Waals surface area contributed by atoms with Crippen molar-refractivity contribution in [3.63, 3.8) is 0 Å². The third kappa shape index (κ3) is 1.36. The van der Waals surface area contributed by atoms with Crippen LogP contribution in [-0.4, -0.2) is 12.2 Å². The van der Waals surface area contributed by atoms with Crippen LogP contribution in [-0.2, 0) is 4.74 Å². The summed E-state index contributed by atoms with van der Waals surface area (Å²) in [7, 11) is 0. The van der Waals surface area contributed by atoms with E-state index < -0.39 is 0 Å². The molecule has 0 aromatic heterocycles. The van der Waals surface area contributed by atoms with Gasteiger partial charge in [-0.05, 0) is 24.7 Å². The first-order chi connectivity index (χ1) is 6.22. The summed E-state index contributed by atoms with van der Waals surface area (Å²) >= 11 is 0. The molecule has 1 aliphatic carbocycles. The van der Waals surface area contributed by atoms with E-state index in [2.05, 4.69) is 13.0 Å². The highest BCUT2D eigenvalue weighted by Gasteiger charge is 2.58. The monoisotopic (exact) mass is 179 g/mol. The average molecular weight is 179 g/mol. The molecule has 1 spiro atoms. The predicted molar refractivity (Wildman–Crippen MR) is 50.1 cm³/mol. The van der Waals surface area contributed by atoms with Crippen molar-refractivity contribution < 1.29 is 4.74 Å².